The normalized spacial score (nSPS) is 16.0. The first kappa shape index (κ1) is 16.5. The standard InChI is InChI=1S/C20H24N2O2/c1-15-9-10-19(23)17(13-15)20(24)21-14-18(22-11-5-6-12-22)16-7-3-2-4-8-16/h2-4,7-10,13,18,23H,5-6,11-12,14H2,1H3,(H,21,24). The van der Waals surface area contributed by atoms with Crippen LogP contribution in [0.2, 0.25) is 0 Å². The van der Waals surface area contributed by atoms with Gasteiger partial charge in [-0.25, -0.2) is 0 Å². The van der Waals surface area contributed by atoms with E-state index in [0.717, 1.165) is 18.7 Å². The van der Waals surface area contributed by atoms with E-state index in [9.17, 15) is 9.90 Å². The lowest BCUT2D eigenvalue weighted by Gasteiger charge is -2.28. The molecule has 0 aromatic heterocycles. The Morgan fingerprint density at radius 1 is 1.17 bits per heavy atom. The van der Waals surface area contributed by atoms with Crippen LogP contribution in [0.15, 0.2) is 48.5 Å². The Labute approximate surface area is 143 Å². The van der Waals surface area contributed by atoms with E-state index in [4.69, 9.17) is 0 Å². The minimum atomic E-state index is -0.226. The van der Waals surface area contributed by atoms with Crippen LogP contribution in [0.3, 0.4) is 0 Å². The number of phenolic OH excluding ortho intramolecular Hbond substituents is 1. The molecule has 1 unspecified atom stereocenters. The van der Waals surface area contributed by atoms with Crippen molar-refractivity contribution in [3.05, 3.63) is 65.2 Å². The summed E-state index contributed by atoms with van der Waals surface area (Å²) in [5.41, 5.74) is 2.51. The molecule has 1 heterocycles. The second-order valence-corrected chi connectivity index (χ2v) is 6.40. The van der Waals surface area contributed by atoms with Gasteiger partial charge < -0.3 is 10.4 Å². The van der Waals surface area contributed by atoms with E-state index in [2.05, 4.69) is 22.3 Å². The molecule has 1 atom stereocenters. The number of carbonyl (C=O) groups is 1. The zero-order valence-corrected chi connectivity index (χ0v) is 14.0. The quantitative estimate of drug-likeness (QED) is 0.887. The fraction of sp³-hybridized carbons (Fsp3) is 0.350. The van der Waals surface area contributed by atoms with E-state index in [1.165, 1.54) is 18.4 Å². The zero-order valence-electron chi connectivity index (χ0n) is 14.0. The first-order valence-corrected chi connectivity index (χ1v) is 8.52. The van der Waals surface area contributed by atoms with Gasteiger partial charge in [0, 0.05) is 6.54 Å². The highest BCUT2D eigenvalue weighted by Crippen LogP contribution is 2.25. The lowest BCUT2D eigenvalue weighted by molar-refractivity contribution is 0.0935. The lowest BCUT2D eigenvalue weighted by Crippen LogP contribution is -2.36. The van der Waals surface area contributed by atoms with E-state index in [0.29, 0.717) is 12.1 Å². The SMILES string of the molecule is Cc1ccc(O)c(C(=O)NCC(c2ccccc2)N2CCCC2)c1. The monoisotopic (exact) mass is 324 g/mol. The Morgan fingerprint density at radius 3 is 2.58 bits per heavy atom. The van der Waals surface area contributed by atoms with Crippen molar-refractivity contribution in [2.45, 2.75) is 25.8 Å². The fourth-order valence-electron chi connectivity index (χ4n) is 3.30. The number of amides is 1. The third kappa shape index (κ3) is 3.77. The number of phenols is 1. The molecule has 1 saturated heterocycles. The van der Waals surface area contributed by atoms with Crippen molar-refractivity contribution in [3.8, 4) is 5.75 Å². The molecule has 2 aromatic rings. The summed E-state index contributed by atoms with van der Waals surface area (Å²) in [5, 5.41) is 12.9. The van der Waals surface area contributed by atoms with Gasteiger partial charge in [0.15, 0.2) is 0 Å². The van der Waals surface area contributed by atoms with Gasteiger partial charge in [0.2, 0.25) is 0 Å². The van der Waals surface area contributed by atoms with Crippen molar-refractivity contribution in [2.24, 2.45) is 0 Å². The third-order valence-electron chi connectivity index (χ3n) is 4.62. The topological polar surface area (TPSA) is 52.6 Å². The van der Waals surface area contributed by atoms with Crippen molar-refractivity contribution in [2.75, 3.05) is 19.6 Å². The van der Waals surface area contributed by atoms with Gasteiger partial charge in [0.1, 0.15) is 5.75 Å². The number of nitrogens with zero attached hydrogens (tertiary/aromatic N) is 1. The first-order valence-electron chi connectivity index (χ1n) is 8.52. The molecule has 0 spiro atoms. The molecule has 1 fully saturated rings. The number of hydrogen-bond acceptors (Lipinski definition) is 3. The van der Waals surface area contributed by atoms with Gasteiger partial charge in [-0.15, -0.1) is 0 Å². The minimum absolute atomic E-state index is 0.0236. The maximum atomic E-state index is 12.5. The van der Waals surface area contributed by atoms with Gasteiger partial charge in [0.25, 0.3) is 5.91 Å². The average Bonchev–Trinajstić information content (AvgIpc) is 3.12. The lowest BCUT2D eigenvalue weighted by atomic mass is 10.0. The average molecular weight is 324 g/mol. The van der Waals surface area contributed by atoms with Crippen LogP contribution < -0.4 is 5.32 Å². The summed E-state index contributed by atoms with van der Waals surface area (Å²) in [6.07, 6.45) is 2.41. The van der Waals surface area contributed by atoms with Gasteiger partial charge in [-0.2, -0.15) is 0 Å². The van der Waals surface area contributed by atoms with Crippen LogP contribution in [0.4, 0.5) is 0 Å². The molecule has 4 nitrogen and oxygen atoms in total. The summed E-state index contributed by atoms with van der Waals surface area (Å²) in [5.74, 6) is -0.202. The van der Waals surface area contributed by atoms with Gasteiger partial charge in [0.05, 0.1) is 11.6 Å². The number of likely N-dealkylation sites (tertiary alicyclic amines) is 1. The molecule has 4 heteroatoms. The zero-order chi connectivity index (χ0) is 16.9. The molecule has 0 bridgehead atoms. The Hall–Kier alpha value is -2.33. The van der Waals surface area contributed by atoms with E-state index >= 15 is 0 Å². The number of aromatic hydroxyl groups is 1. The van der Waals surface area contributed by atoms with Gasteiger partial charge in [-0.1, -0.05) is 42.0 Å². The van der Waals surface area contributed by atoms with Gasteiger partial charge in [-0.05, 0) is 50.6 Å². The number of hydrogen-bond donors (Lipinski definition) is 2. The molecule has 3 rings (SSSR count). The Bertz CT molecular complexity index is 694. The summed E-state index contributed by atoms with van der Waals surface area (Å²) in [6, 6.07) is 15.6. The van der Waals surface area contributed by atoms with Crippen molar-refractivity contribution in [1.82, 2.24) is 10.2 Å². The van der Waals surface area contributed by atoms with Crippen molar-refractivity contribution in [1.29, 1.82) is 0 Å². The number of benzene rings is 2. The summed E-state index contributed by atoms with van der Waals surface area (Å²) >= 11 is 0. The minimum Gasteiger partial charge on any atom is -0.507 e. The molecule has 0 aliphatic carbocycles. The molecule has 24 heavy (non-hydrogen) atoms. The van der Waals surface area contributed by atoms with E-state index in [-0.39, 0.29) is 17.7 Å². The predicted molar refractivity (Wildman–Crippen MR) is 95.2 cm³/mol. The van der Waals surface area contributed by atoms with Crippen LogP contribution >= 0.6 is 0 Å². The Kier molecular flexibility index (Phi) is 5.16. The van der Waals surface area contributed by atoms with Crippen LogP contribution in [0.1, 0.15) is 40.4 Å². The Balaban J connectivity index is 1.73. The highest BCUT2D eigenvalue weighted by atomic mass is 16.3. The summed E-state index contributed by atoms with van der Waals surface area (Å²) in [4.78, 5) is 14.9. The molecule has 0 saturated carbocycles. The van der Waals surface area contributed by atoms with Crippen LogP contribution in [0.5, 0.6) is 5.75 Å². The highest BCUT2D eigenvalue weighted by molar-refractivity contribution is 5.97. The van der Waals surface area contributed by atoms with E-state index < -0.39 is 0 Å². The maximum absolute atomic E-state index is 12.5. The Morgan fingerprint density at radius 2 is 1.88 bits per heavy atom. The molecular weight excluding hydrogens is 300 g/mol. The largest absolute Gasteiger partial charge is 0.507 e. The molecule has 126 valence electrons. The van der Waals surface area contributed by atoms with Crippen molar-refractivity contribution < 1.29 is 9.90 Å². The molecule has 2 N–H and O–H groups in total. The van der Waals surface area contributed by atoms with Gasteiger partial charge >= 0.3 is 0 Å². The second-order valence-electron chi connectivity index (χ2n) is 6.40. The van der Waals surface area contributed by atoms with Crippen molar-refractivity contribution >= 4 is 5.91 Å². The molecule has 1 aliphatic rings. The molecule has 0 radical (unpaired) electrons. The second kappa shape index (κ2) is 7.49. The number of nitrogens with one attached hydrogen (secondary N) is 1. The maximum Gasteiger partial charge on any atom is 0.255 e. The van der Waals surface area contributed by atoms with Crippen LogP contribution in [-0.2, 0) is 0 Å². The van der Waals surface area contributed by atoms with Crippen LogP contribution in [-0.4, -0.2) is 35.5 Å². The van der Waals surface area contributed by atoms with Crippen molar-refractivity contribution in [3.63, 3.8) is 0 Å². The number of carbonyl (C=O) groups excluding carboxylic acids is 1. The van der Waals surface area contributed by atoms with Crippen LogP contribution in [0, 0.1) is 6.92 Å². The smallest absolute Gasteiger partial charge is 0.255 e. The summed E-state index contributed by atoms with van der Waals surface area (Å²) in [7, 11) is 0. The third-order valence-corrected chi connectivity index (χ3v) is 4.62. The van der Waals surface area contributed by atoms with E-state index in [1.807, 2.05) is 25.1 Å². The molecular formula is C20H24N2O2. The molecule has 1 aliphatic heterocycles. The predicted octanol–water partition coefficient (Wildman–Crippen LogP) is 3.27. The number of aryl methyl sites for hydroxylation is 1. The van der Waals surface area contributed by atoms with Crippen LogP contribution in [0.25, 0.3) is 0 Å². The highest BCUT2D eigenvalue weighted by Gasteiger charge is 2.24. The van der Waals surface area contributed by atoms with Gasteiger partial charge in [-0.3, -0.25) is 9.69 Å². The van der Waals surface area contributed by atoms with E-state index in [1.54, 1.807) is 18.2 Å². The first-order chi connectivity index (χ1) is 11.6. The number of rotatable bonds is 5. The molecule has 1 amide bonds. The summed E-state index contributed by atoms with van der Waals surface area (Å²) < 4.78 is 0. The fourth-order valence-corrected chi connectivity index (χ4v) is 3.30. The molecule has 2 aromatic carbocycles. The summed E-state index contributed by atoms with van der Waals surface area (Å²) in [6.45, 7) is 4.57.